The lowest BCUT2D eigenvalue weighted by molar-refractivity contribution is 0.668. The molecule has 1 atom stereocenters. The summed E-state index contributed by atoms with van der Waals surface area (Å²) in [6.07, 6.45) is 0. The second-order valence-corrected chi connectivity index (χ2v) is 5.20. The van der Waals surface area contributed by atoms with Crippen LogP contribution in [-0.4, -0.2) is 4.57 Å². The lowest BCUT2D eigenvalue weighted by Crippen LogP contribution is -2.04. The van der Waals surface area contributed by atoms with Gasteiger partial charge < -0.3 is 4.57 Å². The van der Waals surface area contributed by atoms with E-state index < -0.39 is 0 Å². The molecule has 0 amide bonds. The molecule has 0 spiro atoms. The summed E-state index contributed by atoms with van der Waals surface area (Å²) in [5.41, 5.74) is 2.70. The van der Waals surface area contributed by atoms with Crippen LogP contribution in [0.2, 0.25) is 0 Å². The zero-order valence-electron chi connectivity index (χ0n) is 9.75. The molecule has 0 saturated carbocycles. The summed E-state index contributed by atoms with van der Waals surface area (Å²) < 4.78 is 2.37. The average molecular weight is 239 g/mol. The molecule has 0 aliphatic rings. The van der Waals surface area contributed by atoms with Crippen molar-refractivity contribution >= 4 is 18.8 Å². The second-order valence-electron chi connectivity index (χ2n) is 4.23. The third kappa shape index (κ3) is 1.87. The van der Waals surface area contributed by atoms with E-state index in [0.717, 1.165) is 0 Å². The summed E-state index contributed by atoms with van der Waals surface area (Å²) in [7, 11) is 1.30. The summed E-state index contributed by atoms with van der Waals surface area (Å²) in [5.74, 6) is 2.27. The first kappa shape index (κ1) is 10.6. The first-order valence-corrected chi connectivity index (χ1v) is 6.79. The zero-order chi connectivity index (χ0) is 11.7. The Morgan fingerprint density at radius 2 is 1.65 bits per heavy atom. The molecule has 1 nitrogen and oxygen atoms in total. The Bertz CT molecular complexity index is 627. The molecule has 17 heavy (non-hydrogen) atoms. The highest BCUT2D eigenvalue weighted by Gasteiger charge is 2.09. The van der Waals surface area contributed by atoms with E-state index in [-0.39, 0.29) is 0 Å². The van der Waals surface area contributed by atoms with E-state index >= 15 is 0 Å². The van der Waals surface area contributed by atoms with Crippen molar-refractivity contribution < 1.29 is 0 Å². The van der Waals surface area contributed by atoms with Gasteiger partial charge in [-0.05, 0) is 32.8 Å². The summed E-state index contributed by atoms with van der Waals surface area (Å²) in [5, 5.41) is 1.40. The monoisotopic (exact) mass is 239 g/mol. The van der Waals surface area contributed by atoms with Crippen LogP contribution in [0.4, 0.5) is 0 Å². The molecule has 0 saturated heterocycles. The van der Waals surface area contributed by atoms with Gasteiger partial charge in [-0.3, -0.25) is 0 Å². The molecule has 0 aliphatic heterocycles. The molecule has 0 unspecified atom stereocenters. The van der Waals surface area contributed by atoms with Crippen molar-refractivity contribution in [1.82, 2.24) is 4.57 Å². The molecule has 2 heteroatoms. The molecule has 0 N–H and O–H groups in total. The van der Waals surface area contributed by atoms with E-state index in [0.29, 0.717) is 6.04 Å². The molecular formula is C15H14NP. The van der Waals surface area contributed by atoms with Crippen molar-refractivity contribution in [3.05, 3.63) is 66.1 Å². The smallest absolute Gasteiger partial charge is 0.0561 e. The molecule has 0 aliphatic carbocycles. The van der Waals surface area contributed by atoms with Crippen LogP contribution in [0.25, 0.3) is 10.6 Å². The van der Waals surface area contributed by atoms with Crippen LogP contribution < -0.4 is 0 Å². The minimum atomic E-state index is 0.396. The van der Waals surface area contributed by atoms with Crippen molar-refractivity contribution in [2.45, 2.75) is 13.0 Å². The predicted molar refractivity (Wildman–Crippen MR) is 74.7 cm³/mol. The highest BCUT2D eigenvalue weighted by Crippen LogP contribution is 2.30. The summed E-state index contributed by atoms with van der Waals surface area (Å²) >= 11 is 0. The van der Waals surface area contributed by atoms with E-state index in [4.69, 9.17) is 0 Å². The lowest BCUT2D eigenvalue weighted by atomic mass is 10.1. The first-order chi connectivity index (χ1) is 8.36. The SMILES string of the molecule is C[C@@H](c1ccccc1)n1cpc2ccccc21. The van der Waals surface area contributed by atoms with Crippen LogP contribution >= 0.6 is 8.19 Å². The third-order valence-corrected chi connectivity index (χ3v) is 4.20. The highest BCUT2D eigenvalue weighted by atomic mass is 31.0. The van der Waals surface area contributed by atoms with Gasteiger partial charge in [0.2, 0.25) is 0 Å². The van der Waals surface area contributed by atoms with Gasteiger partial charge in [0.25, 0.3) is 0 Å². The van der Waals surface area contributed by atoms with E-state index in [1.165, 1.54) is 24.4 Å². The van der Waals surface area contributed by atoms with Gasteiger partial charge in [-0.1, -0.05) is 42.5 Å². The lowest BCUT2D eigenvalue weighted by Gasteiger charge is -2.15. The molecule has 0 bridgehead atoms. The van der Waals surface area contributed by atoms with Gasteiger partial charge >= 0.3 is 0 Å². The highest BCUT2D eigenvalue weighted by molar-refractivity contribution is 7.36. The summed E-state index contributed by atoms with van der Waals surface area (Å²) in [6.45, 7) is 2.25. The van der Waals surface area contributed by atoms with Crippen molar-refractivity contribution in [3.63, 3.8) is 0 Å². The number of rotatable bonds is 2. The van der Waals surface area contributed by atoms with Gasteiger partial charge in [0, 0.05) is 11.0 Å². The van der Waals surface area contributed by atoms with Gasteiger partial charge in [0.15, 0.2) is 0 Å². The number of hydrogen-bond acceptors (Lipinski definition) is 0. The maximum Gasteiger partial charge on any atom is 0.0561 e. The molecule has 3 aromatic rings. The molecule has 84 valence electrons. The Kier molecular flexibility index (Phi) is 2.70. The number of benzene rings is 2. The fraction of sp³-hybridized carbons (Fsp3) is 0.133. The molecular weight excluding hydrogens is 225 g/mol. The zero-order valence-corrected chi connectivity index (χ0v) is 10.6. The van der Waals surface area contributed by atoms with E-state index in [9.17, 15) is 0 Å². The molecule has 2 aromatic carbocycles. The maximum atomic E-state index is 2.37. The molecule has 3 rings (SSSR count). The topological polar surface area (TPSA) is 4.93 Å². The van der Waals surface area contributed by atoms with Crippen molar-refractivity contribution in [3.8, 4) is 0 Å². The Morgan fingerprint density at radius 1 is 0.941 bits per heavy atom. The largest absolute Gasteiger partial charge is 0.336 e. The van der Waals surface area contributed by atoms with Gasteiger partial charge in [0.05, 0.1) is 11.6 Å². The number of para-hydroxylation sites is 1. The molecule has 0 fully saturated rings. The van der Waals surface area contributed by atoms with Gasteiger partial charge in [-0.2, -0.15) is 0 Å². The van der Waals surface area contributed by atoms with Crippen molar-refractivity contribution in [2.24, 2.45) is 0 Å². The van der Waals surface area contributed by atoms with Crippen LogP contribution in [0.15, 0.2) is 60.5 Å². The fourth-order valence-electron chi connectivity index (χ4n) is 2.18. The van der Waals surface area contributed by atoms with Crippen LogP contribution in [0.1, 0.15) is 18.5 Å². The Morgan fingerprint density at radius 3 is 2.47 bits per heavy atom. The van der Waals surface area contributed by atoms with Crippen LogP contribution in [-0.2, 0) is 0 Å². The maximum absolute atomic E-state index is 2.37. The minimum absolute atomic E-state index is 0.396. The normalized spacial score (nSPS) is 13.2. The quantitative estimate of drug-likeness (QED) is 0.603. The van der Waals surface area contributed by atoms with Crippen molar-refractivity contribution in [2.75, 3.05) is 0 Å². The standard InChI is InChI=1S/C15H14NP/c1-12(13-7-3-2-4-8-13)16-11-17-15-10-6-5-9-14(15)16/h2-12H,1H3/t12-/m0/s1. The number of fused-ring (bicyclic) bond motifs is 1. The summed E-state index contributed by atoms with van der Waals surface area (Å²) in [6, 6.07) is 19.7. The van der Waals surface area contributed by atoms with Crippen molar-refractivity contribution in [1.29, 1.82) is 0 Å². The van der Waals surface area contributed by atoms with Gasteiger partial charge in [0.1, 0.15) is 0 Å². The van der Waals surface area contributed by atoms with Gasteiger partial charge in [-0.15, -0.1) is 0 Å². The molecule has 1 aromatic heterocycles. The van der Waals surface area contributed by atoms with E-state index in [1.54, 1.807) is 0 Å². The van der Waals surface area contributed by atoms with E-state index in [1.807, 2.05) is 0 Å². The van der Waals surface area contributed by atoms with E-state index in [2.05, 4.69) is 72.0 Å². The first-order valence-electron chi connectivity index (χ1n) is 5.83. The third-order valence-electron chi connectivity index (χ3n) is 3.18. The Labute approximate surface area is 103 Å². The van der Waals surface area contributed by atoms with Crippen LogP contribution in [0.5, 0.6) is 0 Å². The van der Waals surface area contributed by atoms with Gasteiger partial charge in [-0.25, -0.2) is 0 Å². The Balaban J connectivity index is 2.10. The minimum Gasteiger partial charge on any atom is -0.336 e. The Hall–Kier alpha value is -1.59. The fourth-order valence-corrected chi connectivity index (χ4v) is 3.25. The average Bonchev–Trinajstić information content (AvgIpc) is 2.83. The number of hydrogen-bond donors (Lipinski definition) is 0. The molecule has 1 heterocycles. The second kappa shape index (κ2) is 4.35. The number of aromatic nitrogens is 1. The predicted octanol–water partition coefficient (Wildman–Crippen LogP) is 4.83. The number of nitrogens with zero attached hydrogens (tertiary/aromatic N) is 1. The van der Waals surface area contributed by atoms with Crippen LogP contribution in [0, 0.1) is 0 Å². The summed E-state index contributed by atoms with van der Waals surface area (Å²) in [4.78, 5) is 0. The van der Waals surface area contributed by atoms with Crippen LogP contribution in [0.3, 0.4) is 0 Å². The molecule has 0 radical (unpaired) electrons.